The van der Waals surface area contributed by atoms with E-state index < -0.39 is 0 Å². The largest absolute Gasteiger partial charge is 0.492 e. The van der Waals surface area contributed by atoms with Crippen LogP contribution in [0.15, 0.2) is 72.8 Å². The molecule has 0 spiro atoms. The Morgan fingerprint density at radius 2 is 1.59 bits per heavy atom. The maximum atomic E-state index is 12.1. The van der Waals surface area contributed by atoms with Gasteiger partial charge in [0.15, 0.2) is 0 Å². The Bertz CT molecular complexity index is 769. The highest BCUT2D eigenvalue weighted by Gasteiger charge is 2.05. The topological polar surface area (TPSA) is 38.3 Å². The molecule has 3 aromatic carbocycles. The van der Waals surface area contributed by atoms with Crippen LogP contribution in [0, 0.1) is 0 Å². The van der Waals surface area contributed by atoms with E-state index in [-0.39, 0.29) is 5.91 Å². The van der Waals surface area contributed by atoms with Gasteiger partial charge in [0.1, 0.15) is 12.4 Å². The van der Waals surface area contributed by atoms with Gasteiger partial charge in [0.05, 0.1) is 6.54 Å². The van der Waals surface area contributed by atoms with Gasteiger partial charge in [0.25, 0.3) is 5.91 Å². The van der Waals surface area contributed by atoms with Gasteiger partial charge in [-0.05, 0) is 35.0 Å². The number of carbonyl (C=O) groups is 1. The average Bonchev–Trinajstić information content (AvgIpc) is 2.59. The van der Waals surface area contributed by atoms with Crippen molar-refractivity contribution in [3.8, 4) is 5.75 Å². The summed E-state index contributed by atoms with van der Waals surface area (Å²) in [5.41, 5.74) is 0.665. The van der Waals surface area contributed by atoms with Gasteiger partial charge in [-0.3, -0.25) is 4.79 Å². The second kappa shape index (κ2) is 6.76. The zero-order chi connectivity index (χ0) is 15.2. The van der Waals surface area contributed by atoms with E-state index in [9.17, 15) is 4.79 Å². The monoisotopic (exact) mass is 291 g/mol. The van der Waals surface area contributed by atoms with E-state index in [1.54, 1.807) is 0 Å². The molecule has 0 radical (unpaired) electrons. The van der Waals surface area contributed by atoms with Crippen LogP contribution >= 0.6 is 0 Å². The van der Waals surface area contributed by atoms with Crippen LogP contribution in [0.4, 0.5) is 0 Å². The van der Waals surface area contributed by atoms with Crippen LogP contribution in [-0.2, 0) is 0 Å². The van der Waals surface area contributed by atoms with Crippen LogP contribution in [0.1, 0.15) is 10.4 Å². The fraction of sp³-hybridized carbons (Fsp3) is 0.105. The normalized spacial score (nSPS) is 10.4. The molecule has 0 fully saturated rings. The first-order valence-electron chi connectivity index (χ1n) is 7.28. The molecule has 110 valence electrons. The van der Waals surface area contributed by atoms with Crippen molar-refractivity contribution in [1.82, 2.24) is 5.32 Å². The number of hydrogen-bond donors (Lipinski definition) is 1. The summed E-state index contributed by atoms with van der Waals surface area (Å²) in [7, 11) is 0. The van der Waals surface area contributed by atoms with E-state index in [4.69, 9.17) is 4.74 Å². The predicted molar refractivity (Wildman–Crippen MR) is 88.2 cm³/mol. The molecule has 22 heavy (non-hydrogen) atoms. The van der Waals surface area contributed by atoms with E-state index >= 15 is 0 Å². The molecule has 1 N–H and O–H groups in total. The quantitative estimate of drug-likeness (QED) is 0.729. The Morgan fingerprint density at radius 1 is 0.864 bits per heavy atom. The Labute approximate surface area is 129 Å². The third-order valence-electron chi connectivity index (χ3n) is 3.41. The molecule has 0 bridgehead atoms. The van der Waals surface area contributed by atoms with E-state index in [2.05, 4.69) is 5.32 Å². The smallest absolute Gasteiger partial charge is 0.251 e. The summed E-state index contributed by atoms with van der Waals surface area (Å²) in [5, 5.41) is 5.07. The van der Waals surface area contributed by atoms with E-state index in [0.717, 1.165) is 16.5 Å². The van der Waals surface area contributed by atoms with Crippen LogP contribution in [0.25, 0.3) is 10.8 Å². The molecule has 0 aliphatic heterocycles. The molecule has 1 amide bonds. The summed E-state index contributed by atoms with van der Waals surface area (Å²) in [6.07, 6.45) is 0. The van der Waals surface area contributed by atoms with Gasteiger partial charge >= 0.3 is 0 Å². The lowest BCUT2D eigenvalue weighted by molar-refractivity contribution is 0.0947. The fourth-order valence-corrected chi connectivity index (χ4v) is 2.28. The van der Waals surface area contributed by atoms with Gasteiger partial charge in [-0.25, -0.2) is 0 Å². The number of fused-ring (bicyclic) bond motifs is 1. The molecule has 3 rings (SSSR count). The minimum absolute atomic E-state index is 0.0811. The Kier molecular flexibility index (Phi) is 4.35. The Hall–Kier alpha value is -2.81. The number of ether oxygens (including phenoxy) is 1. The second-order valence-corrected chi connectivity index (χ2v) is 4.98. The summed E-state index contributed by atoms with van der Waals surface area (Å²) in [6, 6.07) is 23.3. The maximum Gasteiger partial charge on any atom is 0.251 e. The molecule has 0 aliphatic carbocycles. The zero-order valence-electron chi connectivity index (χ0n) is 12.2. The van der Waals surface area contributed by atoms with E-state index in [0.29, 0.717) is 18.7 Å². The molecule has 0 aliphatic rings. The van der Waals surface area contributed by atoms with Crippen molar-refractivity contribution in [3.63, 3.8) is 0 Å². The van der Waals surface area contributed by atoms with Crippen molar-refractivity contribution in [2.75, 3.05) is 13.2 Å². The summed E-state index contributed by atoms with van der Waals surface area (Å²) >= 11 is 0. The lowest BCUT2D eigenvalue weighted by Crippen LogP contribution is -2.28. The van der Waals surface area contributed by atoms with Crippen LogP contribution in [-0.4, -0.2) is 19.1 Å². The molecule has 3 aromatic rings. The lowest BCUT2D eigenvalue weighted by atomic mass is 10.1. The molecular formula is C19H17NO2. The van der Waals surface area contributed by atoms with Crippen LogP contribution < -0.4 is 10.1 Å². The van der Waals surface area contributed by atoms with Crippen molar-refractivity contribution < 1.29 is 9.53 Å². The predicted octanol–water partition coefficient (Wildman–Crippen LogP) is 3.65. The first-order valence-corrected chi connectivity index (χ1v) is 7.28. The highest BCUT2D eigenvalue weighted by atomic mass is 16.5. The zero-order valence-corrected chi connectivity index (χ0v) is 12.2. The van der Waals surface area contributed by atoms with Crippen LogP contribution in [0.3, 0.4) is 0 Å². The van der Waals surface area contributed by atoms with Crippen molar-refractivity contribution >= 4 is 16.7 Å². The van der Waals surface area contributed by atoms with Gasteiger partial charge < -0.3 is 10.1 Å². The molecule has 0 unspecified atom stereocenters. The van der Waals surface area contributed by atoms with Gasteiger partial charge in [0.2, 0.25) is 0 Å². The Balaban J connectivity index is 1.54. The summed E-state index contributed by atoms with van der Waals surface area (Å²) in [5.74, 6) is 0.727. The van der Waals surface area contributed by atoms with Gasteiger partial charge in [-0.1, -0.05) is 48.5 Å². The van der Waals surface area contributed by atoms with Crippen LogP contribution in [0.2, 0.25) is 0 Å². The van der Waals surface area contributed by atoms with Crippen molar-refractivity contribution in [2.45, 2.75) is 0 Å². The van der Waals surface area contributed by atoms with Gasteiger partial charge in [-0.15, -0.1) is 0 Å². The molecule has 0 saturated carbocycles. The number of nitrogens with one attached hydrogen (secondary N) is 1. The Morgan fingerprint density at radius 3 is 2.41 bits per heavy atom. The van der Waals surface area contributed by atoms with Gasteiger partial charge in [-0.2, -0.15) is 0 Å². The fourth-order valence-electron chi connectivity index (χ4n) is 2.28. The van der Waals surface area contributed by atoms with Crippen LogP contribution in [0.5, 0.6) is 5.75 Å². The maximum absolute atomic E-state index is 12.1. The number of rotatable bonds is 5. The van der Waals surface area contributed by atoms with E-state index in [1.165, 1.54) is 0 Å². The number of amides is 1. The minimum atomic E-state index is -0.0811. The summed E-state index contributed by atoms with van der Waals surface area (Å²) in [6.45, 7) is 0.921. The number of carbonyl (C=O) groups excluding carboxylic acids is 1. The number of para-hydroxylation sites is 1. The third kappa shape index (κ3) is 3.44. The van der Waals surface area contributed by atoms with Crippen molar-refractivity contribution in [1.29, 1.82) is 0 Å². The van der Waals surface area contributed by atoms with E-state index in [1.807, 2.05) is 72.8 Å². The minimum Gasteiger partial charge on any atom is -0.492 e. The highest BCUT2D eigenvalue weighted by molar-refractivity contribution is 5.98. The average molecular weight is 291 g/mol. The molecular weight excluding hydrogens is 274 g/mol. The summed E-state index contributed by atoms with van der Waals surface area (Å²) < 4.78 is 5.55. The second-order valence-electron chi connectivity index (χ2n) is 4.98. The number of benzene rings is 3. The molecule has 0 atom stereocenters. The third-order valence-corrected chi connectivity index (χ3v) is 3.41. The molecule has 0 saturated heterocycles. The highest BCUT2D eigenvalue weighted by Crippen LogP contribution is 2.15. The first kappa shape index (κ1) is 14.1. The SMILES string of the molecule is O=C(NCCOc1ccccc1)c1ccc2ccccc2c1. The van der Waals surface area contributed by atoms with Crippen molar-refractivity contribution in [3.05, 3.63) is 78.4 Å². The summed E-state index contributed by atoms with van der Waals surface area (Å²) in [4.78, 5) is 12.1. The molecule has 0 aromatic heterocycles. The lowest BCUT2D eigenvalue weighted by Gasteiger charge is -2.08. The molecule has 3 heteroatoms. The molecule has 3 nitrogen and oxygen atoms in total. The first-order chi connectivity index (χ1) is 10.8. The van der Waals surface area contributed by atoms with Crippen molar-refractivity contribution in [2.24, 2.45) is 0 Å². The van der Waals surface area contributed by atoms with Gasteiger partial charge in [0, 0.05) is 5.56 Å². The standard InChI is InChI=1S/C19H17NO2/c21-19(20-12-13-22-18-8-2-1-3-9-18)17-11-10-15-6-4-5-7-16(15)14-17/h1-11,14H,12-13H2,(H,20,21). The molecule has 0 heterocycles. The number of hydrogen-bond acceptors (Lipinski definition) is 2.